The molecule has 1 aliphatic heterocycles. The lowest BCUT2D eigenvalue weighted by atomic mass is 10.1. The number of nitrogens with zero attached hydrogens (tertiary/aromatic N) is 1. The third-order valence-corrected chi connectivity index (χ3v) is 5.37. The van der Waals surface area contributed by atoms with Crippen LogP contribution in [0.3, 0.4) is 0 Å². The molecule has 1 heterocycles. The lowest BCUT2D eigenvalue weighted by Crippen LogP contribution is -2.41. The van der Waals surface area contributed by atoms with Crippen LogP contribution in [0.4, 0.5) is 0 Å². The second-order valence-electron chi connectivity index (χ2n) is 7.80. The number of piperidine rings is 1. The lowest BCUT2D eigenvalue weighted by molar-refractivity contribution is -0.133. The largest absolute Gasteiger partial charge is 0.490 e. The molecule has 1 amide bonds. The van der Waals surface area contributed by atoms with Crippen LogP contribution in [0.2, 0.25) is 0 Å². The van der Waals surface area contributed by atoms with Gasteiger partial charge in [0, 0.05) is 32.4 Å². The van der Waals surface area contributed by atoms with Gasteiger partial charge in [0.1, 0.15) is 11.9 Å². The van der Waals surface area contributed by atoms with Gasteiger partial charge >= 0.3 is 0 Å². The molecule has 0 saturated carbocycles. The van der Waals surface area contributed by atoms with E-state index in [1.165, 1.54) is 5.56 Å². The van der Waals surface area contributed by atoms with Gasteiger partial charge in [-0.2, -0.15) is 0 Å². The molecular formula is C25H33NO4. The molecule has 0 N–H and O–H groups in total. The third-order valence-electron chi connectivity index (χ3n) is 5.37. The van der Waals surface area contributed by atoms with Gasteiger partial charge in [0.15, 0.2) is 11.5 Å². The molecule has 1 aliphatic rings. The molecule has 0 bridgehead atoms. The van der Waals surface area contributed by atoms with Crippen molar-refractivity contribution in [2.24, 2.45) is 0 Å². The first-order valence-corrected chi connectivity index (χ1v) is 10.9. The van der Waals surface area contributed by atoms with E-state index in [-0.39, 0.29) is 12.0 Å². The summed E-state index contributed by atoms with van der Waals surface area (Å²) in [6.07, 6.45) is 3.11. The molecule has 2 aromatic carbocycles. The quantitative estimate of drug-likeness (QED) is 0.549. The Morgan fingerprint density at radius 2 is 1.70 bits per heavy atom. The minimum atomic E-state index is 0.174. The Kier molecular flexibility index (Phi) is 8.00. The van der Waals surface area contributed by atoms with Crippen LogP contribution in [-0.4, -0.2) is 43.2 Å². The average molecular weight is 412 g/mol. The second kappa shape index (κ2) is 10.9. The van der Waals surface area contributed by atoms with Gasteiger partial charge < -0.3 is 19.1 Å². The number of carbonyl (C=O) groups is 1. The number of benzene rings is 2. The summed E-state index contributed by atoms with van der Waals surface area (Å²) in [6.45, 7) is 8.70. The minimum absolute atomic E-state index is 0.174. The number of likely N-dealkylation sites (tertiary alicyclic amines) is 1. The van der Waals surface area contributed by atoms with E-state index in [0.29, 0.717) is 26.1 Å². The van der Waals surface area contributed by atoms with Gasteiger partial charge in [0.25, 0.3) is 0 Å². The van der Waals surface area contributed by atoms with E-state index in [0.717, 1.165) is 48.7 Å². The number of aryl methyl sites for hydroxylation is 2. The van der Waals surface area contributed by atoms with Crippen molar-refractivity contribution in [3.63, 3.8) is 0 Å². The van der Waals surface area contributed by atoms with Crippen molar-refractivity contribution in [3.05, 3.63) is 53.6 Å². The maximum atomic E-state index is 12.5. The maximum Gasteiger partial charge on any atom is 0.222 e. The highest BCUT2D eigenvalue weighted by atomic mass is 16.5. The Balaban J connectivity index is 1.38. The molecule has 162 valence electrons. The SMILES string of the molecule is CCOc1ccccc1OCCCC(=O)N1CCC(Oc2cc(C)ccc2C)CC1. The van der Waals surface area contributed by atoms with Gasteiger partial charge in [-0.05, 0) is 56.5 Å². The van der Waals surface area contributed by atoms with E-state index in [4.69, 9.17) is 14.2 Å². The van der Waals surface area contributed by atoms with Gasteiger partial charge in [-0.3, -0.25) is 4.79 Å². The third kappa shape index (κ3) is 6.15. The predicted octanol–water partition coefficient (Wildman–Crippen LogP) is 4.93. The van der Waals surface area contributed by atoms with E-state index in [1.54, 1.807) is 0 Å². The molecule has 1 fully saturated rings. The molecule has 2 aromatic rings. The zero-order valence-electron chi connectivity index (χ0n) is 18.4. The van der Waals surface area contributed by atoms with E-state index in [1.807, 2.05) is 36.1 Å². The minimum Gasteiger partial charge on any atom is -0.490 e. The normalized spacial score (nSPS) is 14.4. The summed E-state index contributed by atoms with van der Waals surface area (Å²) in [5.74, 6) is 2.64. The van der Waals surface area contributed by atoms with Crippen molar-refractivity contribution in [3.8, 4) is 17.2 Å². The summed E-state index contributed by atoms with van der Waals surface area (Å²) in [5.41, 5.74) is 2.36. The molecule has 5 nitrogen and oxygen atoms in total. The summed E-state index contributed by atoms with van der Waals surface area (Å²) in [6, 6.07) is 13.9. The number of hydrogen-bond acceptors (Lipinski definition) is 4. The molecule has 0 aromatic heterocycles. The fraction of sp³-hybridized carbons (Fsp3) is 0.480. The van der Waals surface area contributed by atoms with Gasteiger partial charge in [-0.1, -0.05) is 24.3 Å². The van der Waals surface area contributed by atoms with Crippen molar-refractivity contribution < 1.29 is 19.0 Å². The van der Waals surface area contributed by atoms with Crippen LogP contribution in [0, 0.1) is 13.8 Å². The zero-order valence-corrected chi connectivity index (χ0v) is 18.4. The molecule has 0 aliphatic carbocycles. The molecule has 5 heteroatoms. The molecule has 0 spiro atoms. The number of ether oxygens (including phenoxy) is 3. The first-order valence-electron chi connectivity index (χ1n) is 10.9. The van der Waals surface area contributed by atoms with Crippen LogP contribution in [0.5, 0.6) is 17.2 Å². The Morgan fingerprint density at radius 1 is 1.00 bits per heavy atom. The highest BCUT2D eigenvalue weighted by Gasteiger charge is 2.24. The Labute approximate surface area is 179 Å². The van der Waals surface area contributed by atoms with Crippen LogP contribution < -0.4 is 14.2 Å². The van der Waals surface area contributed by atoms with Crippen LogP contribution in [0.1, 0.15) is 43.7 Å². The fourth-order valence-electron chi connectivity index (χ4n) is 3.64. The smallest absolute Gasteiger partial charge is 0.222 e. The van der Waals surface area contributed by atoms with E-state index in [9.17, 15) is 4.79 Å². The molecular weight excluding hydrogens is 378 g/mol. The lowest BCUT2D eigenvalue weighted by Gasteiger charge is -2.32. The molecule has 3 rings (SSSR count). The molecule has 1 saturated heterocycles. The van der Waals surface area contributed by atoms with Crippen molar-refractivity contribution in [1.29, 1.82) is 0 Å². The van der Waals surface area contributed by atoms with Gasteiger partial charge in [-0.25, -0.2) is 0 Å². The van der Waals surface area contributed by atoms with Crippen molar-refractivity contribution >= 4 is 5.91 Å². The summed E-state index contributed by atoms with van der Waals surface area (Å²) < 4.78 is 17.6. The summed E-state index contributed by atoms with van der Waals surface area (Å²) in [4.78, 5) is 14.5. The van der Waals surface area contributed by atoms with Crippen molar-refractivity contribution in [2.75, 3.05) is 26.3 Å². The van der Waals surface area contributed by atoms with E-state index < -0.39 is 0 Å². The van der Waals surface area contributed by atoms with Crippen LogP contribution in [-0.2, 0) is 4.79 Å². The van der Waals surface area contributed by atoms with E-state index in [2.05, 4.69) is 32.0 Å². The number of carbonyl (C=O) groups excluding carboxylic acids is 1. The van der Waals surface area contributed by atoms with Crippen LogP contribution >= 0.6 is 0 Å². The monoisotopic (exact) mass is 411 g/mol. The zero-order chi connectivity index (χ0) is 21.3. The molecule has 0 unspecified atom stereocenters. The number of para-hydroxylation sites is 2. The Morgan fingerprint density at radius 3 is 2.40 bits per heavy atom. The van der Waals surface area contributed by atoms with Gasteiger partial charge in [0.2, 0.25) is 5.91 Å². The maximum absolute atomic E-state index is 12.5. The second-order valence-corrected chi connectivity index (χ2v) is 7.80. The average Bonchev–Trinajstić information content (AvgIpc) is 2.75. The summed E-state index contributed by atoms with van der Waals surface area (Å²) in [5, 5.41) is 0. The highest BCUT2D eigenvalue weighted by Crippen LogP contribution is 2.27. The van der Waals surface area contributed by atoms with Gasteiger partial charge in [0.05, 0.1) is 13.2 Å². The number of rotatable bonds is 9. The number of hydrogen-bond donors (Lipinski definition) is 0. The van der Waals surface area contributed by atoms with Gasteiger partial charge in [-0.15, -0.1) is 0 Å². The first-order chi connectivity index (χ1) is 14.6. The van der Waals surface area contributed by atoms with Crippen LogP contribution in [0.25, 0.3) is 0 Å². The predicted molar refractivity (Wildman–Crippen MR) is 118 cm³/mol. The topological polar surface area (TPSA) is 48.0 Å². The van der Waals surface area contributed by atoms with E-state index >= 15 is 0 Å². The first kappa shape index (κ1) is 22.0. The van der Waals surface area contributed by atoms with Crippen molar-refractivity contribution in [1.82, 2.24) is 4.90 Å². The molecule has 30 heavy (non-hydrogen) atoms. The summed E-state index contributed by atoms with van der Waals surface area (Å²) in [7, 11) is 0. The number of amides is 1. The fourth-order valence-corrected chi connectivity index (χ4v) is 3.64. The Hall–Kier alpha value is -2.69. The van der Waals surface area contributed by atoms with Crippen LogP contribution in [0.15, 0.2) is 42.5 Å². The standard InChI is InChI=1S/C25H33NO4/c1-4-28-22-8-5-6-9-23(22)29-17-7-10-25(27)26-15-13-21(14-16-26)30-24-18-19(2)11-12-20(24)3/h5-6,8-9,11-12,18,21H,4,7,10,13-17H2,1-3H3. The Bertz CT molecular complexity index is 828. The molecule has 0 atom stereocenters. The summed E-state index contributed by atoms with van der Waals surface area (Å²) >= 11 is 0. The highest BCUT2D eigenvalue weighted by molar-refractivity contribution is 5.76. The molecule has 0 radical (unpaired) electrons. The van der Waals surface area contributed by atoms with Crippen molar-refractivity contribution in [2.45, 2.75) is 52.6 Å².